The average Bonchev–Trinajstić information content (AvgIpc) is 3.02. The highest BCUT2D eigenvalue weighted by Gasteiger charge is 2.57. The van der Waals surface area contributed by atoms with Crippen LogP contribution >= 0.6 is 0 Å². The van der Waals surface area contributed by atoms with Gasteiger partial charge in [0.05, 0.1) is 28.6 Å². The third kappa shape index (κ3) is 4.96. The Morgan fingerprint density at radius 3 is 2.34 bits per heavy atom. The number of benzene rings is 2. The lowest BCUT2D eigenvalue weighted by Crippen LogP contribution is -2.44. The van der Waals surface area contributed by atoms with Gasteiger partial charge < -0.3 is 4.90 Å². The number of ketones is 1. The topological polar surface area (TPSA) is 130 Å². The van der Waals surface area contributed by atoms with Gasteiger partial charge in [-0.2, -0.15) is 0 Å². The third-order valence-electron chi connectivity index (χ3n) is 6.41. The van der Waals surface area contributed by atoms with Gasteiger partial charge in [0.2, 0.25) is 31.3 Å². The third-order valence-corrected chi connectivity index (χ3v) is 8.74. The Kier molecular flexibility index (Phi) is 6.76. The van der Waals surface area contributed by atoms with Crippen LogP contribution in [0.4, 0.5) is 20.2 Å². The molecule has 1 N–H and O–H groups in total. The second-order valence-corrected chi connectivity index (χ2v) is 14.3. The molecule has 2 aromatic rings. The number of aryl methyl sites for hydroxylation is 1. The fourth-order valence-electron chi connectivity index (χ4n) is 4.83. The molecule has 2 aliphatic heterocycles. The van der Waals surface area contributed by atoms with Gasteiger partial charge in [0.1, 0.15) is 11.7 Å². The van der Waals surface area contributed by atoms with Gasteiger partial charge in [-0.3, -0.25) is 19.3 Å². The quantitative estimate of drug-likeness (QED) is 0.552. The summed E-state index contributed by atoms with van der Waals surface area (Å²) in [6.45, 7) is 6.67. The van der Waals surface area contributed by atoms with E-state index >= 15 is 4.39 Å². The van der Waals surface area contributed by atoms with E-state index in [4.69, 9.17) is 0 Å². The number of Topliss-reactive ketones (excluding diaryl/α,β-unsaturated/α-hetero) is 1. The molecule has 204 valence electrons. The highest BCUT2D eigenvalue weighted by atomic mass is 32.2. The second-order valence-electron chi connectivity index (χ2n) is 10.6. The smallest absolute Gasteiger partial charge is 0.244 e. The minimum atomic E-state index is -4.77. The Morgan fingerprint density at radius 2 is 1.76 bits per heavy atom. The summed E-state index contributed by atoms with van der Waals surface area (Å²) in [5, 5.41) is 0. The monoisotopic (exact) mass is 567 g/mol. The number of hydrogen-bond donors (Lipinski definition) is 1. The summed E-state index contributed by atoms with van der Waals surface area (Å²) in [5.41, 5.74) is -3.75. The Hall–Kier alpha value is -3.19. The van der Waals surface area contributed by atoms with Crippen LogP contribution in [-0.2, 0) is 36.0 Å². The van der Waals surface area contributed by atoms with E-state index in [0.717, 1.165) is 12.3 Å². The van der Waals surface area contributed by atoms with Crippen molar-refractivity contribution < 1.29 is 35.2 Å². The summed E-state index contributed by atoms with van der Waals surface area (Å²) in [6, 6.07) is 6.61. The number of likely N-dealkylation sites (tertiary alicyclic amines) is 1. The molecule has 4 rings (SSSR count). The molecule has 0 radical (unpaired) electrons. The van der Waals surface area contributed by atoms with Crippen molar-refractivity contribution >= 4 is 48.6 Å². The molecule has 2 unspecified atom stereocenters. The average molecular weight is 568 g/mol. The molecular formula is C25H27F2N3O6S2. The van der Waals surface area contributed by atoms with Crippen LogP contribution in [0.2, 0.25) is 0 Å². The molecule has 0 spiro atoms. The van der Waals surface area contributed by atoms with Crippen LogP contribution in [0.5, 0.6) is 0 Å². The first kappa shape index (κ1) is 27.8. The van der Waals surface area contributed by atoms with Crippen LogP contribution in [0, 0.1) is 24.1 Å². The Bertz CT molecular complexity index is 1600. The molecule has 38 heavy (non-hydrogen) atoms. The SMILES string of the molecule is Cc1cc(CN2C(=O)C(C3=Nc4ccc(NS(C)(=O)=O)cc4S(=O)(=O)C3F)C(=O)[C@@H]2C(C)(C)C)ccc1F. The number of fused-ring (bicyclic) bond motifs is 1. The number of carbonyl (C=O) groups excluding carboxylic acids is 2. The van der Waals surface area contributed by atoms with E-state index in [0.29, 0.717) is 11.1 Å². The van der Waals surface area contributed by atoms with E-state index in [9.17, 15) is 30.8 Å². The van der Waals surface area contributed by atoms with Crippen LogP contribution in [0.15, 0.2) is 46.3 Å². The Labute approximate surface area is 219 Å². The maximum absolute atomic E-state index is 15.6. The van der Waals surface area contributed by atoms with Crippen LogP contribution in [0.3, 0.4) is 0 Å². The van der Waals surface area contributed by atoms with E-state index < -0.39 is 70.9 Å². The molecule has 2 aromatic carbocycles. The van der Waals surface area contributed by atoms with E-state index in [1.54, 1.807) is 33.8 Å². The van der Waals surface area contributed by atoms with E-state index in [1.807, 2.05) is 0 Å². The number of carbonyl (C=O) groups is 2. The number of rotatable bonds is 5. The summed E-state index contributed by atoms with van der Waals surface area (Å²) in [4.78, 5) is 32.0. The van der Waals surface area contributed by atoms with Crippen molar-refractivity contribution in [3.8, 4) is 0 Å². The normalized spacial score (nSPS) is 23.3. The van der Waals surface area contributed by atoms with Gasteiger partial charge >= 0.3 is 0 Å². The minimum Gasteiger partial charge on any atom is -0.327 e. The van der Waals surface area contributed by atoms with Gasteiger partial charge in [0.25, 0.3) is 0 Å². The highest BCUT2D eigenvalue weighted by Crippen LogP contribution is 2.42. The fraction of sp³-hybridized carbons (Fsp3) is 0.400. The van der Waals surface area contributed by atoms with Gasteiger partial charge in [-0.05, 0) is 47.7 Å². The summed E-state index contributed by atoms with van der Waals surface area (Å²) < 4.78 is 80.8. The molecule has 2 heterocycles. The van der Waals surface area contributed by atoms with Crippen molar-refractivity contribution in [2.45, 2.75) is 50.7 Å². The first-order chi connectivity index (χ1) is 17.4. The van der Waals surface area contributed by atoms with Gasteiger partial charge in [0.15, 0.2) is 5.78 Å². The van der Waals surface area contributed by atoms with Gasteiger partial charge in [-0.25, -0.2) is 25.6 Å². The van der Waals surface area contributed by atoms with Crippen LogP contribution in [0.1, 0.15) is 31.9 Å². The minimum absolute atomic E-state index is 0.0712. The molecular weight excluding hydrogens is 540 g/mol. The number of alkyl halides is 1. The maximum Gasteiger partial charge on any atom is 0.244 e. The molecule has 0 aliphatic carbocycles. The van der Waals surface area contributed by atoms with E-state index in [2.05, 4.69) is 9.71 Å². The van der Waals surface area contributed by atoms with Crippen molar-refractivity contribution in [2.75, 3.05) is 11.0 Å². The number of sulfone groups is 1. The maximum atomic E-state index is 15.6. The van der Waals surface area contributed by atoms with Crippen LogP contribution in [-0.4, -0.2) is 56.9 Å². The molecule has 0 saturated carbocycles. The molecule has 9 nitrogen and oxygen atoms in total. The largest absolute Gasteiger partial charge is 0.327 e. The standard InChI is InChI=1S/C25H27F2N3O6S2/c1-13-10-14(6-8-16(13)26)12-30-22(25(2,3)4)21(31)19(24(30)32)20-23(27)38(35,36)18-11-15(29-37(5,33)34)7-9-17(18)28-20/h6-11,19,22-23,29H,12H2,1-5H3/t19?,22-,23?/m1/s1. The number of aliphatic imine (C=N–C) groups is 1. The van der Waals surface area contributed by atoms with Crippen molar-refractivity contribution in [2.24, 2.45) is 16.3 Å². The first-order valence-electron chi connectivity index (χ1n) is 11.6. The number of nitrogens with one attached hydrogen (secondary N) is 1. The zero-order chi connectivity index (χ0) is 28.4. The molecule has 13 heteroatoms. The van der Waals surface area contributed by atoms with Gasteiger partial charge in [0, 0.05) is 12.2 Å². The molecule has 1 fully saturated rings. The second kappa shape index (κ2) is 9.23. The van der Waals surface area contributed by atoms with Gasteiger partial charge in [-0.1, -0.05) is 32.9 Å². The lowest BCUT2D eigenvalue weighted by atomic mass is 9.82. The molecule has 0 aromatic heterocycles. The zero-order valence-electron chi connectivity index (χ0n) is 21.3. The van der Waals surface area contributed by atoms with Gasteiger partial charge in [-0.15, -0.1) is 0 Å². The Balaban J connectivity index is 1.79. The number of sulfonamides is 1. The molecule has 0 bridgehead atoms. The lowest BCUT2D eigenvalue weighted by molar-refractivity contribution is -0.132. The molecule has 2 aliphatic rings. The summed E-state index contributed by atoms with van der Waals surface area (Å²) >= 11 is 0. The summed E-state index contributed by atoms with van der Waals surface area (Å²) in [7, 11) is -8.51. The fourth-order valence-corrected chi connectivity index (χ4v) is 6.81. The summed E-state index contributed by atoms with van der Waals surface area (Å²) in [6.07, 6.45) is 0.872. The Morgan fingerprint density at radius 1 is 1.11 bits per heavy atom. The predicted octanol–water partition coefficient (Wildman–Crippen LogP) is 3.30. The van der Waals surface area contributed by atoms with E-state index in [1.165, 1.54) is 29.2 Å². The molecule has 3 atom stereocenters. The number of nitrogens with zero attached hydrogens (tertiary/aromatic N) is 2. The van der Waals surface area contributed by atoms with E-state index in [-0.39, 0.29) is 17.9 Å². The predicted molar refractivity (Wildman–Crippen MR) is 138 cm³/mol. The molecule has 1 amide bonds. The number of amides is 1. The number of hydrogen-bond acceptors (Lipinski definition) is 7. The van der Waals surface area contributed by atoms with Crippen LogP contribution < -0.4 is 4.72 Å². The summed E-state index contributed by atoms with van der Waals surface area (Å²) in [5.74, 6) is -3.69. The highest BCUT2D eigenvalue weighted by molar-refractivity contribution is 7.93. The van der Waals surface area contributed by atoms with Crippen molar-refractivity contribution in [1.29, 1.82) is 0 Å². The van der Waals surface area contributed by atoms with Crippen molar-refractivity contribution in [3.05, 3.63) is 53.3 Å². The number of anilines is 1. The zero-order valence-corrected chi connectivity index (χ0v) is 23.0. The lowest BCUT2D eigenvalue weighted by Gasteiger charge is -2.33. The number of halogens is 2. The van der Waals surface area contributed by atoms with Crippen molar-refractivity contribution in [1.82, 2.24) is 4.90 Å². The van der Waals surface area contributed by atoms with Crippen LogP contribution in [0.25, 0.3) is 0 Å². The molecule has 1 saturated heterocycles. The van der Waals surface area contributed by atoms with Crippen molar-refractivity contribution in [3.63, 3.8) is 0 Å². The first-order valence-corrected chi connectivity index (χ1v) is 15.0.